The monoisotopic (exact) mass is 663 g/mol. The summed E-state index contributed by atoms with van der Waals surface area (Å²) >= 11 is 0. The van der Waals surface area contributed by atoms with E-state index in [2.05, 4.69) is 28.2 Å². The molecule has 0 aliphatic carbocycles. The van der Waals surface area contributed by atoms with Gasteiger partial charge in [-0.25, -0.2) is 4.79 Å². The van der Waals surface area contributed by atoms with Crippen LogP contribution in [-0.4, -0.2) is 90.3 Å². The Labute approximate surface area is 286 Å². The SMILES string of the molecule is CCN1CCC[C@H]1COc1nc(C(=O)Nc2cc(OC)cc3ccccc23)cc(N2CCN(C(=O)OCc3ccccc3)[C@@H](CC#N)C2)n1. The second-order valence-corrected chi connectivity index (χ2v) is 12.2. The number of nitrogens with one attached hydrogen (secondary N) is 1. The first-order valence-electron chi connectivity index (χ1n) is 16.7. The summed E-state index contributed by atoms with van der Waals surface area (Å²) in [6, 6.07) is 24.6. The molecule has 1 N–H and O–H groups in total. The molecular formula is C37H41N7O5. The van der Waals surface area contributed by atoms with E-state index >= 15 is 0 Å². The largest absolute Gasteiger partial charge is 0.497 e. The summed E-state index contributed by atoms with van der Waals surface area (Å²) < 4.78 is 17.3. The minimum absolute atomic E-state index is 0.0997. The molecule has 6 rings (SSSR count). The molecule has 12 nitrogen and oxygen atoms in total. The maximum atomic E-state index is 13.9. The highest BCUT2D eigenvalue weighted by Gasteiger charge is 2.33. The Morgan fingerprint density at radius 2 is 1.82 bits per heavy atom. The average Bonchev–Trinajstić information content (AvgIpc) is 3.61. The number of nitriles is 1. The van der Waals surface area contributed by atoms with Gasteiger partial charge in [0.05, 0.1) is 31.3 Å². The number of carbonyl (C=O) groups is 2. The Morgan fingerprint density at radius 1 is 1.00 bits per heavy atom. The quantitative estimate of drug-likeness (QED) is 0.220. The van der Waals surface area contributed by atoms with E-state index in [1.165, 1.54) is 0 Å². The second kappa shape index (κ2) is 15.7. The number of carbonyl (C=O) groups excluding carboxylic acids is 2. The molecule has 4 aromatic rings. The number of methoxy groups -OCH3 is 1. The van der Waals surface area contributed by atoms with Crippen molar-refractivity contribution < 1.29 is 23.8 Å². The predicted molar refractivity (Wildman–Crippen MR) is 186 cm³/mol. The number of aromatic nitrogens is 2. The van der Waals surface area contributed by atoms with Crippen LogP contribution in [0.5, 0.6) is 11.8 Å². The molecule has 1 aromatic heterocycles. The summed E-state index contributed by atoms with van der Waals surface area (Å²) in [7, 11) is 1.59. The molecule has 2 saturated heterocycles. The summed E-state index contributed by atoms with van der Waals surface area (Å²) in [5.74, 6) is 0.659. The van der Waals surface area contributed by atoms with Gasteiger partial charge in [-0.15, -0.1) is 0 Å². The molecule has 49 heavy (non-hydrogen) atoms. The van der Waals surface area contributed by atoms with E-state index in [1.54, 1.807) is 24.1 Å². The van der Waals surface area contributed by atoms with Crippen molar-refractivity contribution in [3.63, 3.8) is 0 Å². The third-order valence-electron chi connectivity index (χ3n) is 9.13. The van der Waals surface area contributed by atoms with E-state index in [-0.39, 0.29) is 30.8 Å². The molecule has 3 aromatic carbocycles. The van der Waals surface area contributed by atoms with Crippen LogP contribution in [-0.2, 0) is 11.3 Å². The Hall–Kier alpha value is -5.41. The van der Waals surface area contributed by atoms with Crippen LogP contribution in [0.1, 0.15) is 42.2 Å². The highest BCUT2D eigenvalue weighted by molar-refractivity contribution is 6.09. The van der Waals surface area contributed by atoms with E-state index in [4.69, 9.17) is 19.2 Å². The maximum Gasteiger partial charge on any atom is 0.410 e. The lowest BCUT2D eigenvalue weighted by Crippen LogP contribution is -2.55. The Balaban J connectivity index is 1.25. The van der Waals surface area contributed by atoms with Gasteiger partial charge in [0.25, 0.3) is 5.91 Å². The Kier molecular flexibility index (Phi) is 10.7. The van der Waals surface area contributed by atoms with E-state index < -0.39 is 18.0 Å². The van der Waals surface area contributed by atoms with Crippen LogP contribution in [0.25, 0.3) is 10.8 Å². The van der Waals surface area contributed by atoms with Gasteiger partial charge < -0.3 is 29.3 Å². The highest BCUT2D eigenvalue weighted by Crippen LogP contribution is 2.30. The van der Waals surface area contributed by atoms with Crippen molar-refractivity contribution in [2.24, 2.45) is 0 Å². The lowest BCUT2D eigenvalue weighted by Gasteiger charge is -2.40. The highest BCUT2D eigenvalue weighted by atomic mass is 16.6. The molecule has 0 saturated carbocycles. The normalized spacial score (nSPS) is 17.8. The number of piperazine rings is 1. The number of hydrogen-bond acceptors (Lipinski definition) is 10. The standard InChI is InChI=1S/C37H41N7O5/c1-3-42-17-9-13-29(42)25-48-36-40-33(35(45)39-32-21-30(47-2)20-27-12-7-8-14-31(27)32)22-34(41-36)43-18-19-44(28(23-43)15-16-38)37(46)49-24-26-10-5-4-6-11-26/h4-8,10-12,14,20-22,28-29H,3,9,13,15,17-19,23-25H2,1-2H3,(H,39,45)/t28-,29-/m0/s1. The molecule has 2 fully saturated rings. The van der Waals surface area contributed by atoms with Crippen LogP contribution in [0.2, 0.25) is 0 Å². The molecule has 2 aliphatic heterocycles. The number of nitrogens with zero attached hydrogens (tertiary/aromatic N) is 6. The zero-order chi connectivity index (χ0) is 34.2. The second-order valence-electron chi connectivity index (χ2n) is 12.2. The first-order valence-corrected chi connectivity index (χ1v) is 16.7. The first kappa shape index (κ1) is 33.5. The molecule has 12 heteroatoms. The van der Waals surface area contributed by atoms with Gasteiger partial charge in [-0.2, -0.15) is 15.2 Å². The number of ether oxygens (including phenoxy) is 3. The summed E-state index contributed by atoms with van der Waals surface area (Å²) in [4.78, 5) is 42.2. The van der Waals surface area contributed by atoms with Crippen LogP contribution in [0.15, 0.2) is 72.8 Å². The van der Waals surface area contributed by atoms with E-state index in [0.717, 1.165) is 42.3 Å². The van der Waals surface area contributed by atoms with Crippen molar-refractivity contribution in [3.05, 3.63) is 84.1 Å². The van der Waals surface area contributed by atoms with Gasteiger partial charge in [0.2, 0.25) is 0 Å². The summed E-state index contributed by atoms with van der Waals surface area (Å²) in [6.45, 7) is 5.66. The number of hydrogen-bond donors (Lipinski definition) is 1. The molecule has 0 spiro atoms. The smallest absolute Gasteiger partial charge is 0.410 e. The van der Waals surface area contributed by atoms with Crippen molar-refractivity contribution in [1.29, 1.82) is 5.26 Å². The fourth-order valence-corrected chi connectivity index (χ4v) is 6.50. The molecule has 2 amide bonds. The Morgan fingerprint density at radius 3 is 2.61 bits per heavy atom. The topological polar surface area (TPSA) is 133 Å². The molecule has 2 atom stereocenters. The number of likely N-dealkylation sites (tertiary alicyclic amines) is 1. The molecule has 0 bridgehead atoms. The Bertz CT molecular complexity index is 1810. The van der Waals surface area contributed by atoms with Crippen LogP contribution in [0.4, 0.5) is 16.3 Å². The number of anilines is 2. The lowest BCUT2D eigenvalue weighted by molar-refractivity contribution is 0.0767. The van der Waals surface area contributed by atoms with Crippen LogP contribution >= 0.6 is 0 Å². The number of rotatable bonds is 11. The van der Waals surface area contributed by atoms with Crippen molar-refractivity contribution in [2.45, 2.75) is 44.9 Å². The van der Waals surface area contributed by atoms with Crippen LogP contribution < -0.4 is 19.7 Å². The van der Waals surface area contributed by atoms with Gasteiger partial charge in [-0.1, -0.05) is 61.5 Å². The van der Waals surface area contributed by atoms with Crippen LogP contribution in [0.3, 0.4) is 0 Å². The molecular weight excluding hydrogens is 622 g/mol. The fraction of sp³-hybridized carbons (Fsp3) is 0.378. The van der Waals surface area contributed by atoms with Gasteiger partial charge in [-0.3, -0.25) is 9.69 Å². The summed E-state index contributed by atoms with van der Waals surface area (Å²) in [5.41, 5.74) is 1.60. The maximum absolute atomic E-state index is 13.9. The minimum atomic E-state index is -0.474. The van der Waals surface area contributed by atoms with Crippen LogP contribution in [0, 0.1) is 11.3 Å². The zero-order valence-electron chi connectivity index (χ0n) is 27.9. The van der Waals surface area contributed by atoms with E-state index in [1.807, 2.05) is 65.6 Å². The predicted octanol–water partition coefficient (Wildman–Crippen LogP) is 5.49. The van der Waals surface area contributed by atoms with Gasteiger partial charge in [0, 0.05) is 43.2 Å². The van der Waals surface area contributed by atoms with Gasteiger partial charge in [0.1, 0.15) is 30.5 Å². The van der Waals surface area contributed by atoms with Gasteiger partial charge in [0.15, 0.2) is 0 Å². The summed E-state index contributed by atoms with van der Waals surface area (Å²) in [6.07, 6.45) is 1.75. The minimum Gasteiger partial charge on any atom is -0.497 e. The molecule has 2 aliphatic rings. The first-order chi connectivity index (χ1) is 23.9. The average molecular weight is 664 g/mol. The molecule has 0 radical (unpaired) electrons. The van der Waals surface area contributed by atoms with Crippen molar-refractivity contribution >= 4 is 34.3 Å². The number of fused-ring (bicyclic) bond motifs is 1. The molecule has 0 unspecified atom stereocenters. The fourth-order valence-electron chi connectivity index (χ4n) is 6.50. The van der Waals surface area contributed by atoms with Gasteiger partial charge >= 0.3 is 12.1 Å². The zero-order valence-corrected chi connectivity index (χ0v) is 27.9. The van der Waals surface area contributed by atoms with Gasteiger partial charge in [-0.05, 0) is 42.9 Å². The molecule has 254 valence electrons. The lowest BCUT2D eigenvalue weighted by atomic mass is 10.1. The van der Waals surface area contributed by atoms with Crippen molar-refractivity contribution in [1.82, 2.24) is 19.8 Å². The third-order valence-corrected chi connectivity index (χ3v) is 9.13. The van der Waals surface area contributed by atoms with Crippen molar-refractivity contribution in [2.75, 3.05) is 56.7 Å². The number of likely N-dealkylation sites (N-methyl/N-ethyl adjacent to an activating group) is 1. The summed E-state index contributed by atoms with van der Waals surface area (Å²) in [5, 5.41) is 14.5. The number of amides is 2. The molecule has 3 heterocycles. The van der Waals surface area contributed by atoms with Crippen molar-refractivity contribution in [3.8, 4) is 17.8 Å². The van der Waals surface area contributed by atoms with E-state index in [0.29, 0.717) is 43.5 Å². The van der Waals surface area contributed by atoms with E-state index in [9.17, 15) is 14.9 Å². The number of benzene rings is 3. The third kappa shape index (κ3) is 8.01.